The van der Waals surface area contributed by atoms with Crippen molar-refractivity contribution in [2.45, 2.75) is 13.8 Å². The molecule has 6 heteroatoms. The monoisotopic (exact) mass is 436 g/mol. The van der Waals surface area contributed by atoms with Gasteiger partial charge in [-0.15, -0.1) is 0 Å². The number of aromatic nitrogens is 1. The molecular weight excluding hydrogens is 408 g/mol. The molecule has 1 saturated heterocycles. The van der Waals surface area contributed by atoms with Gasteiger partial charge < -0.3 is 9.64 Å². The van der Waals surface area contributed by atoms with Gasteiger partial charge in [0.05, 0.1) is 29.1 Å². The predicted molar refractivity (Wildman–Crippen MR) is 133 cm³/mol. The van der Waals surface area contributed by atoms with Gasteiger partial charge in [0.25, 0.3) is 0 Å². The van der Waals surface area contributed by atoms with Crippen LogP contribution in [0.1, 0.15) is 19.4 Å². The van der Waals surface area contributed by atoms with E-state index in [0.29, 0.717) is 10.9 Å². The highest BCUT2D eigenvalue weighted by atomic mass is 35.5. The van der Waals surface area contributed by atoms with Crippen LogP contribution in [-0.4, -0.2) is 50.7 Å². The third-order valence-electron chi connectivity index (χ3n) is 5.30. The van der Waals surface area contributed by atoms with Crippen LogP contribution in [0, 0.1) is 5.92 Å². The van der Waals surface area contributed by atoms with Crippen molar-refractivity contribution in [1.29, 1.82) is 0 Å². The maximum Gasteiger partial charge on any atom is 0.129 e. The SMILES string of the molecule is CC.CN=C(C(=NC)C1CN(c2ccc3cccc(Cl)c3n2)C1)c1cccc(OC)c1. The molecule has 0 spiro atoms. The minimum Gasteiger partial charge on any atom is -0.497 e. The van der Waals surface area contributed by atoms with E-state index in [1.165, 1.54) is 0 Å². The van der Waals surface area contributed by atoms with Crippen molar-refractivity contribution in [3.63, 3.8) is 0 Å². The molecule has 1 aliphatic heterocycles. The number of anilines is 1. The Kier molecular flexibility index (Phi) is 7.64. The van der Waals surface area contributed by atoms with E-state index in [0.717, 1.165) is 52.5 Å². The minimum absolute atomic E-state index is 0.300. The van der Waals surface area contributed by atoms with Crippen molar-refractivity contribution in [3.8, 4) is 5.75 Å². The molecule has 31 heavy (non-hydrogen) atoms. The summed E-state index contributed by atoms with van der Waals surface area (Å²) in [5.74, 6) is 2.05. The fourth-order valence-electron chi connectivity index (χ4n) is 3.76. The van der Waals surface area contributed by atoms with Gasteiger partial charge in [0, 0.05) is 44.1 Å². The van der Waals surface area contributed by atoms with Gasteiger partial charge in [-0.3, -0.25) is 9.98 Å². The van der Waals surface area contributed by atoms with Crippen LogP contribution in [0.15, 0.2) is 64.6 Å². The minimum atomic E-state index is 0.300. The molecule has 0 unspecified atom stereocenters. The molecule has 162 valence electrons. The van der Waals surface area contributed by atoms with Gasteiger partial charge in [-0.1, -0.05) is 49.7 Å². The van der Waals surface area contributed by atoms with Gasteiger partial charge in [-0.05, 0) is 30.3 Å². The molecule has 5 nitrogen and oxygen atoms in total. The van der Waals surface area contributed by atoms with Gasteiger partial charge in [0.15, 0.2) is 0 Å². The fourth-order valence-corrected chi connectivity index (χ4v) is 3.98. The molecule has 1 fully saturated rings. The third-order valence-corrected chi connectivity index (χ3v) is 5.60. The number of aliphatic imine (C=N–C) groups is 2. The number of nitrogens with zero attached hydrogens (tertiary/aromatic N) is 4. The molecule has 0 bridgehead atoms. The maximum absolute atomic E-state index is 6.32. The first-order chi connectivity index (χ1) is 15.1. The van der Waals surface area contributed by atoms with Crippen LogP contribution >= 0.6 is 11.6 Å². The van der Waals surface area contributed by atoms with E-state index in [4.69, 9.17) is 21.3 Å². The van der Waals surface area contributed by atoms with E-state index in [-0.39, 0.29) is 0 Å². The van der Waals surface area contributed by atoms with Crippen LogP contribution in [0.4, 0.5) is 5.82 Å². The zero-order valence-corrected chi connectivity index (χ0v) is 19.5. The second-order valence-corrected chi connectivity index (χ2v) is 7.40. The van der Waals surface area contributed by atoms with Crippen LogP contribution in [0.3, 0.4) is 0 Å². The molecule has 0 amide bonds. The number of rotatable bonds is 5. The smallest absolute Gasteiger partial charge is 0.129 e. The molecule has 0 radical (unpaired) electrons. The van der Waals surface area contributed by atoms with Crippen LogP contribution in [-0.2, 0) is 0 Å². The van der Waals surface area contributed by atoms with Gasteiger partial charge in [0.2, 0.25) is 0 Å². The lowest BCUT2D eigenvalue weighted by Crippen LogP contribution is -2.52. The topological polar surface area (TPSA) is 50.1 Å². The van der Waals surface area contributed by atoms with E-state index in [1.807, 2.05) is 70.4 Å². The number of pyridine rings is 1. The lowest BCUT2D eigenvalue weighted by atomic mass is 9.88. The van der Waals surface area contributed by atoms with Crippen molar-refractivity contribution in [2.24, 2.45) is 15.9 Å². The summed E-state index contributed by atoms with van der Waals surface area (Å²) in [6.07, 6.45) is 0. The Morgan fingerprint density at radius 1 is 1.03 bits per heavy atom. The average molecular weight is 437 g/mol. The molecule has 1 aromatic heterocycles. The van der Waals surface area contributed by atoms with Crippen LogP contribution in [0.2, 0.25) is 5.02 Å². The zero-order valence-electron chi connectivity index (χ0n) is 18.8. The van der Waals surface area contributed by atoms with E-state index in [1.54, 1.807) is 7.11 Å². The Balaban J connectivity index is 0.00000132. The number of benzene rings is 2. The quantitative estimate of drug-likeness (QED) is 0.493. The number of para-hydroxylation sites is 1. The number of methoxy groups -OCH3 is 1. The summed E-state index contributed by atoms with van der Waals surface area (Å²) in [4.78, 5) is 16.1. The van der Waals surface area contributed by atoms with Gasteiger partial charge >= 0.3 is 0 Å². The summed E-state index contributed by atoms with van der Waals surface area (Å²) in [7, 11) is 5.31. The van der Waals surface area contributed by atoms with Crippen LogP contribution < -0.4 is 9.64 Å². The van der Waals surface area contributed by atoms with Crippen LogP contribution in [0.25, 0.3) is 10.9 Å². The largest absolute Gasteiger partial charge is 0.497 e. The summed E-state index contributed by atoms with van der Waals surface area (Å²) >= 11 is 6.32. The molecular formula is C25H29ClN4O. The van der Waals surface area contributed by atoms with Gasteiger partial charge in [-0.25, -0.2) is 4.98 Å². The first-order valence-corrected chi connectivity index (χ1v) is 10.9. The molecule has 2 heterocycles. The standard InChI is InChI=1S/C23H23ClN4O.C2H6/c1-25-22(16-7-4-8-18(12-16)29-3)23(26-2)17-13-28(14-17)20-11-10-15-6-5-9-19(24)21(15)27-20;1-2/h4-12,17H,13-14H2,1-3H3;1-2H3. The number of fused-ring (bicyclic) bond motifs is 1. The lowest BCUT2D eigenvalue weighted by Gasteiger charge is -2.41. The van der Waals surface area contributed by atoms with Crippen molar-refractivity contribution in [3.05, 3.63) is 65.2 Å². The summed E-state index contributed by atoms with van der Waals surface area (Å²) in [5, 5.41) is 1.73. The summed E-state index contributed by atoms with van der Waals surface area (Å²) in [6, 6.07) is 17.9. The first-order valence-electron chi connectivity index (χ1n) is 10.5. The molecule has 1 aliphatic rings. The normalized spacial score (nSPS) is 14.7. The zero-order chi connectivity index (χ0) is 22.4. The fraction of sp³-hybridized carbons (Fsp3) is 0.320. The van der Waals surface area contributed by atoms with Gasteiger partial charge in [-0.2, -0.15) is 0 Å². The van der Waals surface area contributed by atoms with Gasteiger partial charge in [0.1, 0.15) is 11.6 Å². The van der Waals surface area contributed by atoms with Crippen molar-refractivity contribution in [1.82, 2.24) is 4.98 Å². The lowest BCUT2D eigenvalue weighted by molar-refractivity contribution is 0.414. The maximum atomic E-state index is 6.32. The first kappa shape index (κ1) is 22.8. The second-order valence-electron chi connectivity index (χ2n) is 7.00. The molecule has 4 rings (SSSR count). The molecule has 2 aromatic carbocycles. The highest BCUT2D eigenvalue weighted by Gasteiger charge is 2.34. The number of halogens is 1. The summed E-state index contributed by atoms with van der Waals surface area (Å²) in [6.45, 7) is 5.69. The molecule has 0 N–H and O–H groups in total. The number of hydrogen-bond donors (Lipinski definition) is 0. The van der Waals surface area contributed by atoms with E-state index in [2.05, 4.69) is 27.0 Å². The Hall–Kier alpha value is -2.92. The second kappa shape index (κ2) is 10.4. The van der Waals surface area contributed by atoms with Crippen molar-refractivity contribution in [2.75, 3.05) is 39.2 Å². The molecule has 0 saturated carbocycles. The van der Waals surface area contributed by atoms with Crippen LogP contribution in [0.5, 0.6) is 5.75 Å². The average Bonchev–Trinajstić information content (AvgIpc) is 2.79. The Bertz CT molecular complexity index is 1100. The Morgan fingerprint density at radius 2 is 1.77 bits per heavy atom. The highest BCUT2D eigenvalue weighted by molar-refractivity contribution is 6.49. The summed E-state index contributed by atoms with van der Waals surface area (Å²) in [5.41, 5.74) is 3.77. The molecule has 0 atom stereocenters. The number of hydrogen-bond acceptors (Lipinski definition) is 5. The molecule has 3 aromatic rings. The predicted octanol–water partition coefficient (Wildman–Crippen LogP) is 5.55. The van der Waals surface area contributed by atoms with Crippen molar-refractivity contribution < 1.29 is 4.74 Å². The highest BCUT2D eigenvalue weighted by Crippen LogP contribution is 2.29. The van der Waals surface area contributed by atoms with Crippen molar-refractivity contribution >= 4 is 39.7 Å². The van der Waals surface area contributed by atoms with E-state index in [9.17, 15) is 0 Å². The van der Waals surface area contributed by atoms with E-state index < -0.39 is 0 Å². The Labute approximate surface area is 189 Å². The third kappa shape index (κ3) is 4.72. The van der Waals surface area contributed by atoms with E-state index >= 15 is 0 Å². The summed E-state index contributed by atoms with van der Waals surface area (Å²) < 4.78 is 5.36. The number of ether oxygens (including phenoxy) is 1. The molecule has 0 aliphatic carbocycles. The Morgan fingerprint density at radius 3 is 2.45 bits per heavy atom.